The molecular weight excluding hydrogens is 220 g/mol. The first-order valence-corrected chi connectivity index (χ1v) is 5.69. The molecule has 1 aliphatic rings. The van der Waals surface area contributed by atoms with E-state index in [0.717, 1.165) is 11.1 Å². The Bertz CT molecular complexity index is 431. The van der Waals surface area contributed by atoms with Gasteiger partial charge in [-0.15, -0.1) is 0 Å². The normalized spacial score (nSPS) is 28.3. The lowest BCUT2D eigenvalue weighted by Gasteiger charge is -2.14. The van der Waals surface area contributed by atoms with Crippen molar-refractivity contribution < 1.29 is 20.1 Å². The van der Waals surface area contributed by atoms with Gasteiger partial charge in [0.25, 0.3) is 0 Å². The molecule has 4 nitrogen and oxygen atoms in total. The van der Waals surface area contributed by atoms with E-state index in [4.69, 9.17) is 5.11 Å². The summed E-state index contributed by atoms with van der Waals surface area (Å²) < 4.78 is 0. The molecule has 17 heavy (non-hydrogen) atoms. The number of carbonyl (C=O) groups is 1. The van der Waals surface area contributed by atoms with Gasteiger partial charge < -0.3 is 15.3 Å². The third-order valence-corrected chi connectivity index (χ3v) is 3.54. The summed E-state index contributed by atoms with van der Waals surface area (Å²) in [6.45, 7) is 1.77. The lowest BCUT2D eigenvalue weighted by molar-refractivity contribution is 0.0438. The number of aromatic carboxylic acids is 1. The fraction of sp³-hybridized carbons (Fsp3) is 0.462. The van der Waals surface area contributed by atoms with Crippen molar-refractivity contribution in [2.24, 2.45) is 0 Å². The molecule has 1 saturated carbocycles. The summed E-state index contributed by atoms with van der Waals surface area (Å²) >= 11 is 0. The quantitative estimate of drug-likeness (QED) is 0.723. The largest absolute Gasteiger partial charge is 0.478 e. The summed E-state index contributed by atoms with van der Waals surface area (Å²) in [6.07, 6.45) is -0.420. The predicted octanol–water partition coefficient (Wildman–Crippen LogP) is 1.29. The molecule has 0 amide bonds. The standard InChI is InChI=1S/C13H16O4/c1-7-9(3-2-4-10(7)13(16)17)8-5-11(14)12(15)6-8/h2-4,8,11-12,14-15H,5-6H2,1H3,(H,16,17)/t8-,11-,12+. The van der Waals surface area contributed by atoms with E-state index in [-0.39, 0.29) is 5.92 Å². The number of rotatable bonds is 2. The van der Waals surface area contributed by atoms with Gasteiger partial charge in [0, 0.05) is 0 Å². The molecule has 0 aromatic heterocycles. The van der Waals surface area contributed by atoms with E-state index in [9.17, 15) is 15.0 Å². The topological polar surface area (TPSA) is 77.8 Å². The second-order valence-corrected chi connectivity index (χ2v) is 4.63. The summed E-state index contributed by atoms with van der Waals surface area (Å²) in [4.78, 5) is 11.0. The van der Waals surface area contributed by atoms with Crippen LogP contribution in [-0.2, 0) is 0 Å². The van der Waals surface area contributed by atoms with E-state index in [1.807, 2.05) is 6.07 Å². The third kappa shape index (κ3) is 2.18. The second-order valence-electron chi connectivity index (χ2n) is 4.63. The highest BCUT2D eigenvalue weighted by Crippen LogP contribution is 2.36. The van der Waals surface area contributed by atoms with Crippen LogP contribution in [0.25, 0.3) is 0 Å². The van der Waals surface area contributed by atoms with Gasteiger partial charge in [-0.1, -0.05) is 12.1 Å². The number of hydrogen-bond donors (Lipinski definition) is 3. The Kier molecular flexibility index (Phi) is 3.17. The van der Waals surface area contributed by atoms with Crippen molar-refractivity contribution in [1.82, 2.24) is 0 Å². The van der Waals surface area contributed by atoms with Crippen LogP contribution < -0.4 is 0 Å². The Labute approximate surface area is 99.5 Å². The van der Waals surface area contributed by atoms with Crippen molar-refractivity contribution in [1.29, 1.82) is 0 Å². The molecule has 4 heteroatoms. The summed E-state index contributed by atoms with van der Waals surface area (Å²) in [7, 11) is 0. The van der Waals surface area contributed by atoms with Crippen LogP contribution in [0.2, 0.25) is 0 Å². The minimum absolute atomic E-state index is 0.0410. The van der Waals surface area contributed by atoms with Crippen molar-refractivity contribution in [2.45, 2.75) is 37.9 Å². The van der Waals surface area contributed by atoms with Gasteiger partial charge in [0.1, 0.15) is 0 Å². The molecule has 3 atom stereocenters. The molecule has 3 N–H and O–H groups in total. The van der Waals surface area contributed by atoms with Crippen molar-refractivity contribution in [3.63, 3.8) is 0 Å². The summed E-state index contributed by atoms with van der Waals surface area (Å²) in [5, 5.41) is 28.1. The monoisotopic (exact) mass is 236 g/mol. The van der Waals surface area contributed by atoms with Crippen molar-refractivity contribution in [2.75, 3.05) is 0 Å². The van der Waals surface area contributed by atoms with Gasteiger partial charge in [-0.2, -0.15) is 0 Å². The molecule has 1 aromatic carbocycles. The molecule has 1 fully saturated rings. The average molecular weight is 236 g/mol. The Morgan fingerprint density at radius 3 is 2.35 bits per heavy atom. The summed E-state index contributed by atoms with van der Waals surface area (Å²) in [6, 6.07) is 5.16. The maximum Gasteiger partial charge on any atom is 0.335 e. The van der Waals surface area contributed by atoms with Crippen LogP contribution in [0.15, 0.2) is 18.2 Å². The Morgan fingerprint density at radius 1 is 1.24 bits per heavy atom. The predicted molar refractivity (Wildman–Crippen MR) is 62.1 cm³/mol. The SMILES string of the molecule is Cc1c(C(=O)O)cccc1[C@@H]1C[C@@H](O)[C@@H](O)C1. The van der Waals surface area contributed by atoms with Crippen LogP contribution in [0.1, 0.15) is 40.2 Å². The molecule has 0 saturated heterocycles. The Morgan fingerprint density at radius 2 is 1.82 bits per heavy atom. The number of aliphatic hydroxyl groups is 2. The number of carboxylic acid groups (broad SMARTS) is 1. The number of carboxylic acids is 1. The van der Waals surface area contributed by atoms with Gasteiger partial charge >= 0.3 is 5.97 Å². The van der Waals surface area contributed by atoms with Gasteiger partial charge in [-0.05, 0) is 42.9 Å². The molecule has 0 aliphatic heterocycles. The minimum atomic E-state index is -0.941. The zero-order valence-electron chi connectivity index (χ0n) is 9.63. The zero-order chi connectivity index (χ0) is 12.6. The molecular formula is C13H16O4. The van der Waals surface area contributed by atoms with Crippen LogP contribution in [0.3, 0.4) is 0 Å². The van der Waals surface area contributed by atoms with Crippen molar-refractivity contribution >= 4 is 5.97 Å². The van der Waals surface area contributed by atoms with Gasteiger partial charge in [0.15, 0.2) is 0 Å². The first-order valence-electron chi connectivity index (χ1n) is 5.69. The molecule has 2 rings (SSSR count). The van der Waals surface area contributed by atoms with Crippen LogP contribution in [0.4, 0.5) is 0 Å². The van der Waals surface area contributed by atoms with Crippen LogP contribution in [0.5, 0.6) is 0 Å². The molecule has 92 valence electrons. The summed E-state index contributed by atoms with van der Waals surface area (Å²) in [5.41, 5.74) is 1.94. The molecule has 0 heterocycles. The number of aliphatic hydroxyl groups excluding tert-OH is 2. The average Bonchev–Trinajstić information content (AvgIpc) is 2.59. The van der Waals surface area contributed by atoms with Crippen LogP contribution in [-0.4, -0.2) is 33.5 Å². The van der Waals surface area contributed by atoms with Gasteiger partial charge in [0.05, 0.1) is 17.8 Å². The highest BCUT2D eigenvalue weighted by Gasteiger charge is 2.33. The van der Waals surface area contributed by atoms with E-state index in [2.05, 4.69) is 0 Å². The fourth-order valence-corrected chi connectivity index (χ4v) is 2.57. The molecule has 1 aliphatic carbocycles. The van der Waals surface area contributed by atoms with Gasteiger partial charge in [0.2, 0.25) is 0 Å². The highest BCUT2D eigenvalue weighted by atomic mass is 16.4. The van der Waals surface area contributed by atoms with Crippen molar-refractivity contribution in [3.05, 3.63) is 34.9 Å². The van der Waals surface area contributed by atoms with E-state index < -0.39 is 18.2 Å². The smallest absolute Gasteiger partial charge is 0.335 e. The molecule has 0 unspecified atom stereocenters. The first-order chi connectivity index (χ1) is 8.00. The third-order valence-electron chi connectivity index (χ3n) is 3.54. The lowest BCUT2D eigenvalue weighted by Crippen LogP contribution is -2.17. The van der Waals surface area contributed by atoms with E-state index in [0.29, 0.717) is 18.4 Å². The van der Waals surface area contributed by atoms with Crippen LogP contribution in [0, 0.1) is 6.92 Å². The first kappa shape index (κ1) is 12.1. The number of benzene rings is 1. The van der Waals surface area contributed by atoms with E-state index in [1.165, 1.54) is 0 Å². The Hall–Kier alpha value is -1.39. The van der Waals surface area contributed by atoms with Crippen LogP contribution >= 0.6 is 0 Å². The van der Waals surface area contributed by atoms with Gasteiger partial charge in [-0.3, -0.25) is 0 Å². The molecule has 0 bridgehead atoms. The second kappa shape index (κ2) is 4.47. The number of hydrogen-bond acceptors (Lipinski definition) is 3. The zero-order valence-corrected chi connectivity index (χ0v) is 9.63. The Balaban J connectivity index is 2.34. The van der Waals surface area contributed by atoms with Gasteiger partial charge in [-0.25, -0.2) is 4.79 Å². The maximum atomic E-state index is 11.0. The fourth-order valence-electron chi connectivity index (χ4n) is 2.57. The maximum absolute atomic E-state index is 11.0. The van der Waals surface area contributed by atoms with E-state index >= 15 is 0 Å². The molecule has 0 radical (unpaired) electrons. The van der Waals surface area contributed by atoms with Crippen molar-refractivity contribution in [3.8, 4) is 0 Å². The highest BCUT2D eigenvalue weighted by molar-refractivity contribution is 5.89. The molecule has 0 spiro atoms. The van der Waals surface area contributed by atoms with E-state index in [1.54, 1.807) is 19.1 Å². The lowest BCUT2D eigenvalue weighted by atomic mass is 9.90. The molecule has 1 aromatic rings. The minimum Gasteiger partial charge on any atom is -0.478 e. The summed E-state index contributed by atoms with van der Waals surface area (Å²) in [5.74, 6) is -0.900.